The van der Waals surface area contributed by atoms with Crippen molar-refractivity contribution in [3.63, 3.8) is 0 Å². The standard InChI is InChI=1S/C15H16Cl4N2/c1-10-13(14(19)21(2)20-10)7-15(8-16,9-17)11-4-3-5-12(18)6-11/h3-6H,7-9H2,1-2H3. The number of hydrogen-bond donors (Lipinski definition) is 0. The Morgan fingerprint density at radius 1 is 1.19 bits per heavy atom. The topological polar surface area (TPSA) is 17.8 Å². The van der Waals surface area contributed by atoms with E-state index in [0.717, 1.165) is 16.8 Å². The number of rotatable bonds is 5. The van der Waals surface area contributed by atoms with Gasteiger partial charge in [0.2, 0.25) is 0 Å². The molecule has 2 nitrogen and oxygen atoms in total. The Morgan fingerprint density at radius 2 is 1.86 bits per heavy atom. The number of hydrogen-bond acceptors (Lipinski definition) is 1. The van der Waals surface area contributed by atoms with Crippen molar-refractivity contribution in [2.24, 2.45) is 7.05 Å². The van der Waals surface area contributed by atoms with Crippen molar-refractivity contribution in [1.29, 1.82) is 0 Å². The summed E-state index contributed by atoms with van der Waals surface area (Å²) < 4.78 is 1.66. The number of aromatic nitrogens is 2. The minimum absolute atomic E-state index is 0.376. The molecule has 1 aromatic heterocycles. The van der Waals surface area contributed by atoms with Crippen LogP contribution >= 0.6 is 46.4 Å². The maximum Gasteiger partial charge on any atom is 0.130 e. The van der Waals surface area contributed by atoms with E-state index in [9.17, 15) is 0 Å². The van der Waals surface area contributed by atoms with Crippen LogP contribution in [0.1, 0.15) is 16.8 Å². The Labute approximate surface area is 144 Å². The molecule has 21 heavy (non-hydrogen) atoms. The van der Waals surface area contributed by atoms with Crippen molar-refractivity contribution in [3.8, 4) is 0 Å². The molecule has 2 rings (SSSR count). The third-order valence-corrected chi connectivity index (χ3v) is 5.46. The molecule has 1 heterocycles. The molecule has 1 aromatic carbocycles. The van der Waals surface area contributed by atoms with Crippen LogP contribution in [0.15, 0.2) is 24.3 Å². The third kappa shape index (κ3) is 3.34. The average Bonchev–Trinajstić information content (AvgIpc) is 2.70. The van der Waals surface area contributed by atoms with E-state index in [0.29, 0.717) is 28.4 Å². The highest BCUT2D eigenvalue weighted by Crippen LogP contribution is 2.35. The molecule has 2 aromatic rings. The molecule has 0 spiro atoms. The van der Waals surface area contributed by atoms with Gasteiger partial charge < -0.3 is 0 Å². The van der Waals surface area contributed by atoms with Crippen LogP contribution in [0, 0.1) is 6.92 Å². The van der Waals surface area contributed by atoms with Gasteiger partial charge in [-0.25, -0.2) is 0 Å². The molecule has 0 aliphatic carbocycles. The van der Waals surface area contributed by atoms with Gasteiger partial charge in [-0.1, -0.05) is 35.3 Å². The number of alkyl halides is 2. The number of halogens is 4. The van der Waals surface area contributed by atoms with Crippen molar-refractivity contribution in [1.82, 2.24) is 9.78 Å². The second-order valence-corrected chi connectivity index (χ2v) is 6.54. The first-order valence-corrected chi connectivity index (χ1v) is 8.32. The van der Waals surface area contributed by atoms with Gasteiger partial charge in [-0.15, -0.1) is 23.2 Å². The summed E-state index contributed by atoms with van der Waals surface area (Å²) >= 11 is 25.0. The number of benzene rings is 1. The summed E-state index contributed by atoms with van der Waals surface area (Å²) in [6.45, 7) is 1.94. The van der Waals surface area contributed by atoms with E-state index in [4.69, 9.17) is 46.4 Å². The molecule has 114 valence electrons. The number of aryl methyl sites for hydroxylation is 2. The third-order valence-electron chi connectivity index (χ3n) is 3.73. The van der Waals surface area contributed by atoms with Crippen LogP contribution in [0.25, 0.3) is 0 Å². The van der Waals surface area contributed by atoms with Gasteiger partial charge in [0.15, 0.2) is 0 Å². The normalized spacial score (nSPS) is 11.9. The fourth-order valence-electron chi connectivity index (χ4n) is 2.42. The van der Waals surface area contributed by atoms with E-state index in [1.54, 1.807) is 4.68 Å². The minimum Gasteiger partial charge on any atom is -0.257 e. The molecule has 0 aliphatic heterocycles. The molecule has 0 saturated carbocycles. The average molecular weight is 366 g/mol. The maximum atomic E-state index is 6.34. The van der Waals surface area contributed by atoms with Gasteiger partial charge in [0.25, 0.3) is 0 Å². The molecule has 0 unspecified atom stereocenters. The van der Waals surface area contributed by atoms with Gasteiger partial charge in [-0.05, 0) is 31.0 Å². The Hall–Kier alpha value is -0.410. The first-order valence-electron chi connectivity index (χ1n) is 6.49. The van der Waals surface area contributed by atoms with Gasteiger partial charge in [0.05, 0.1) is 5.69 Å². The maximum absolute atomic E-state index is 6.34. The highest BCUT2D eigenvalue weighted by Gasteiger charge is 2.33. The summed E-state index contributed by atoms with van der Waals surface area (Å²) in [4.78, 5) is 0. The first-order chi connectivity index (χ1) is 9.93. The summed E-state index contributed by atoms with van der Waals surface area (Å²) in [6.07, 6.45) is 0.624. The van der Waals surface area contributed by atoms with Crippen molar-refractivity contribution in [2.45, 2.75) is 18.8 Å². The molecular formula is C15H16Cl4N2. The SMILES string of the molecule is Cc1nn(C)c(Cl)c1CC(CCl)(CCl)c1cccc(Cl)c1. The largest absolute Gasteiger partial charge is 0.257 e. The quantitative estimate of drug-likeness (QED) is 0.682. The summed E-state index contributed by atoms with van der Waals surface area (Å²) in [5.41, 5.74) is 2.45. The van der Waals surface area contributed by atoms with Crippen LogP contribution in [0.2, 0.25) is 10.2 Å². The highest BCUT2D eigenvalue weighted by atomic mass is 35.5. The Kier molecular flexibility index (Phi) is 5.48. The zero-order chi connectivity index (χ0) is 15.6. The van der Waals surface area contributed by atoms with Gasteiger partial charge >= 0.3 is 0 Å². The smallest absolute Gasteiger partial charge is 0.130 e. The van der Waals surface area contributed by atoms with Crippen molar-refractivity contribution in [2.75, 3.05) is 11.8 Å². The van der Waals surface area contributed by atoms with Crippen molar-refractivity contribution >= 4 is 46.4 Å². The van der Waals surface area contributed by atoms with Crippen molar-refractivity contribution < 1.29 is 0 Å². The molecule has 0 N–H and O–H groups in total. The second kappa shape index (κ2) is 6.78. The molecule has 0 fully saturated rings. The molecule has 0 atom stereocenters. The summed E-state index contributed by atoms with van der Waals surface area (Å²) in [7, 11) is 1.82. The lowest BCUT2D eigenvalue weighted by molar-refractivity contribution is 0.535. The molecule has 0 bridgehead atoms. The number of nitrogens with zero attached hydrogens (tertiary/aromatic N) is 2. The lowest BCUT2D eigenvalue weighted by Gasteiger charge is -2.30. The molecule has 0 aliphatic rings. The van der Waals surface area contributed by atoms with Gasteiger partial charge in [-0.2, -0.15) is 5.10 Å². The molecule has 6 heteroatoms. The molecule has 0 amide bonds. The Morgan fingerprint density at radius 3 is 2.33 bits per heavy atom. The van der Waals surface area contributed by atoms with Crippen molar-refractivity contribution in [3.05, 3.63) is 51.3 Å². The van der Waals surface area contributed by atoms with E-state index in [1.807, 2.05) is 38.2 Å². The van der Waals surface area contributed by atoms with E-state index < -0.39 is 5.41 Å². The zero-order valence-electron chi connectivity index (χ0n) is 11.8. The molecule has 0 saturated heterocycles. The highest BCUT2D eigenvalue weighted by molar-refractivity contribution is 6.31. The predicted octanol–water partition coefficient (Wildman–Crippen LogP) is 4.99. The molecule has 0 radical (unpaired) electrons. The van der Waals surface area contributed by atoms with E-state index in [-0.39, 0.29) is 0 Å². The minimum atomic E-state index is -0.425. The van der Waals surface area contributed by atoms with Crippen LogP contribution in [-0.2, 0) is 18.9 Å². The summed E-state index contributed by atoms with van der Waals surface area (Å²) in [6, 6.07) is 7.64. The zero-order valence-corrected chi connectivity index (χ0v) is 14.9. The van der Waals surface area contributed by atoms with Gasteiger partial charge in [-0.3, -0.25) is 4.68 Å². The van der Waals surface area contributed by atoms with Crippen LogP contribution < -0.4 is 0 Å². The van der Waals surface area contributed by atoms with E-state index >= 15 is 0 Å². The summed E-state index contributed by atoms with van der Waals surface area (Å²) in [5.74, 6) is 0.753. The first kappa shape index (κ1) is 17.0. The van der Waals surface area contributed by atoms with E-state index in [2.05, 4.69) is 5.10 Å². The van der Waals surface area contributed by atoms with Crippen LogP contribution in [0.4, 0.5) is 0 Å². The fourth-order valence-corrected chi connectivity index (χ4v) is 3.63. The monoisotopic (exact) mass is 364 g/mol. The lowest BCUT2D eigenvalue weighted by Crippen LogP contribution is -2.33. The summed E-state index contributed by atoms with van der Waals surface area (Å²) in [5, 5.41) is 5.63. The molecular weight excluding hydrogens is 350 g/mol. The lowest BCUT2D eigenvalue weighted by atomic mass is 9.79. The fraction of sp³-hybridized carbons (Fsp3) is 0.400. The van der Waals surface area contributed by atoms with Crippen LogP contribution in [0.5, 0.6) is 0 Å². The predicted molar refractivity (Wildman–Crippen MR) is 91.2 cm³/mol. The van der Waals surface area contributed by atoms with Gasteiger partial charge in [0.1, 0.15) is 5.15 Å². The Bertz CT molecular complexity index is 633. The van der Waals surface area contributed by atoms with E-state index in [1.165, 1.54) is 0 Å². The van der Waals surface area contributed by atoms with Gasteiger partial charge in [0, 0.05) is 34.8 Å². The van der Waals surface area contributed by atoms with Crippen LogP contribution in [0.3, 0.4) is 0 Å². The second-order valence-electron chi connectivity index (χ2n) is 5.21. The van der Waals surface area contributed by atoms with Crippen LogP contribution in [-0.4, -0.2) is 21.5 Å². The Balaban J connectivity index is 2.48.